The van der Waals surface area contributed by atoms with Crippen LogP contribution >= 0.6 is 7.82 Å². The van der Waals surface area contributed by atoms with Gasteiger partial charge in [0.1, 0.15) is 13.2 Å². The molecule has 0 aromatic carbocycles. The number of phosphoric acid groups is 1. The first kappa shape index (κ1) is 79.0. The number of rotatable bonds is 67. The lowest BCUT2D eigenvalue weighted by molar-refractivity contribution is -0.870. The number of aliphatic hydroxyl groups excluding tert-OH is 1. The van der Waals surface area contributed by atoms with Crippen molar-refractivity contribution in [3.05, 3.63) is 24.3 Å². The minimum atomic E-state index is -4.61. The molecule has 3 unspecified atom stereocenters. The molecule has 3 atom stereocenters. The van der Waals surface area contributed by atoms with Crippen molar-refractivity contribution in [2.45, 2.75) is 386 Å². The molecule has 9 heteroatoms. The maximum atomic E-state index is 13.0. The molecule has 0 saturated carbocycles. The summed E-state index contributed by atoms with van der Waals surface area (Å²) in [5, 5.41) is 14.0. The smallest absolute Gasteiger partial charge is 0.268 e. The Hall–Kier alpha value is -1.02. The number of carbonyl (C=O) groups excluding carboxylic acids is 1. The third kappa shape index (κ3) is 64.5. The van der Waals surface area contributed by atoms with E-state index < -0.39 is 20.0 Å². The number of allylic oxidation sites excluding steroid dienone is 3. The van der Waals surface area contributed by atoms with E-state index in [1.165, 1.54) is 315 Å². The Kier molecular flexibility index (Phi) is 61.7. The van der Waals surface area contributed by atoms with E-state index in [9.17, 15) is 19.4 Å². The van der Waals surface area contributed by atoms with Gasteiger partial charge in [-0.25, -0.2) is 0 Å². The predicted molar refractivity (Wildman–Crippen MR) is 349 cm³/mol. The first-order valence-electron chi connectivity index (χ1n) is 35.7. The molecule has 8 nitrogen and oxygen atoms in total. The lowest BCUT2D eigenvalue weighted by Crippen LogP contribution is -2.45. The molecular formula is C71H141N2O6P. The van der Waals surface area contributed by atoms with E-state index in [-0.39, 0.29) is 19.1 Å². The van der Waals surface area contributed by atoms with E-state index >= 15 is 0 Å². The van der Waals surface area contributed by atoms with Crippen molar-refractivity contribution in [2.75, 3.05) is 40.9 Å². The molecule has 0 heterocycles. The Morgan fingerprint density at radius 1 is 0.425 bits per heavy atom. The van der Waals surface area contributed by atoms with Crippen molar-refractivity contribution in [1.29, 1.82) is 0 Å². The van der Waals surface area contributed by atoms with Gasteiger partial charge in [-0.05, 0) is 32.1 Å². The topological polar surface area (TPSA) is 108 Å². The third-order valence-electron chi connectivity index (χ3n) is 16.7. The van der Waals surface area contributed by atoms with E-state index in [1.807, 2.05) is 27.2 Å². The fraction of sp³-hybridized carbons (Fsp3) is 0.930. The van der Waals surface area contributed by atoms with Crippen LogP contribution in [0.25, 0.3) is 0 Å². The highest BCUT2D eigenvalue weighted by molar-refractivity contribution is 7.45. The number of hydrogen-bond donors (Lipinski definition) is 2. The molecule has 0 saturated heterocycles. The number of aliphatic hydroxyl groups is 1. The van der Waals surface area contributed by atoms with Crippen LogP contribution in [0.4, 0.5) is 0 Å². The highest BCUT2D eigenvalue weighted by Crippen LogP contribution is 2.38. The number of nitrogens with zero attached hydrogens (tertiary/aromatic N) is 1. The molecule has 0 aliphatic heterocycles. The number of quaternary nitrogens is 1. The molecule has 0 aliphatic carbocycles. The molecule has 0 aliphatic rings. The Labute approximate surface area is 500 Å². The van der Waals surface area contributed by atoms with Crippen molar-refractivity contribution in [1.82, 2.24) is 5.32 Å². The van der Waals surface area contributed by atoms with Crippen LogP contribution < -0.4 is 10.2 Å². The average Bonchev–Trinajstić information content (AvgIpc) is 3.42. The van der Waals surface area contributed by atoms with Crippen molar-refractivity contribution in [3.8, 4) is 0 Å². The summed E-state index contributed by atoms with van der Waals surface area (Å²) in [4.78, 5) is 25.6. The Morgan fingerprint density at radius 2 is 0.700 bits per heavy atom. The summed E-state index contributed by atoms with van der Waals surface area (Å²) in [6.07, 6.45) is 81.7. The maximum Gasteiger partial charge on any atom is 0.268 e. The number of amides is 1. The van der Waals surface area contributed by atoms with E-state index in [0.717, 1.165) is 38.5 Å². The number of hydrogen-bond acceptors (Lipinski definition) is 6. The summed E-state index contributed by atoms with van der Waals surface area (Å²) in [5.74, 6) is -0.198. The van der Waals surface area contributed by atoms with Gasteiger partial charge in [-0.2, -0.15) is 0 Å². The van der Waals surface area contributed by atoms with Gasteiger partial charge in [0.15, 0.2) is 0 Å². The zero-order valence-corrected chi connectivity index (χ0v) is 55.5. The van der Waals surface area contributed by atoms with Crippen LogP contribution in [0.5, 0.6) is 0 Å². The third-order valence-corrected chi connectivity index (χ3v) is 17.6. The van der Waals surface area contributed by atoms with Crippen molar-refractivity contribution in [2.24, 2.45) is 0 Å². The minimum Gasteiger partial charge on any atom is -0.756 e. The summed E-state index contributed by atoms with van der Waals surface area (Å²) < 4.78 is 23.5. The molecule has 2 N–H and O–H groups in total. The largest absolute Gasteiger partial charge is 0.756 e. The van der Waals surface area contributed by atoms with Crippen LogP contribution in [-0.4, -0.2) is 68.5 Å². The molecule has 0 radical (unpaired) electrons. The molecule has 0 rings (SSSR count). The van der Waals surface area contributed by atoms with E-state index in [4.69, 9.17) is 9.05 Å². The van der Waals surface area contributed by atoms with Crippen LogP contribution in [0.2, 0.25) is 0 Å². The van der Waals surface area contributed by atoms with Crippen molar-refractivity contribution >= 4 is 13.7 Å². The molecular weight excluding hydrogens is 1010 g/mol. The van der Waals surface area contributed by atoms with E-state index in [1.54, 1.807) is 6.08 Å². The second-order valence-electron chi connectivity index (χ2n) is 25.9. The van der Waals surface area contributed by atoms with Gasteiger partial charge in [-0.3, -0.25) is 9.36 Å². The van der Waals surface area contributed by atoms with Gasteiger partial charge in [0, 0.05) is 6.42 Å². The van der Waals surface area contributed by atoms with E-state index in [0.29, 0.717) is 17.4 Å². The fourth-order valence-corrected chi connectivity index (χ4v) is 11.8. The number of carbonyl (C=O) groups is 1. The first-order valence-corrected chi connectivity index (χ1v) is 37.2. The van der Waals surface area contributed by atoms with Crippen LogP contribution in [0.3, 0.4) is 0 Å². The maximum absolute atomic E-state index is 13.0. The molecule has 0 bridgehead atoms. The highest BCUT2D eigenvalue weighted by atomic mass is 31.2. The van der Waals surface area contributed by atoms with Crippen molar-refractivity contribution < 1.29 is 32.9 Å². The molecule has 1 amide bonds. The van der Waals surface area contributed by atoms with Gasteiger partial charge in [-0.1, -0.05) is 359 Å². The molecule has 0 fully saturated rings. The molecule has 0 aromatic rings. The summed E-state index contributed by atoms with van der Waals surface area (Å²) in [7, 11) is 1.26. The number of unbranched alkanes of at least 4 members (excludes halogenated alkanes) is 52. The average molecular weight is 1150 g/mol. The minimum absolute atomic E-state index is 0.00338. The standard InChI is InChI=1S/C71H141N2O6P/c1-6-8-10-12-14-16-18-20-22-24-26-28-30-32-34-36-37-38-40-42-44-46-48-50-52-54-56-58-60-62-64-70(74)69(68-79-80(76,77)78-67-66-73(3,4)5)72-71(75)65-63-61-59-57-55-53-51-49-47-45-43-41-39-35-33-31-29-27-25-23-21-19-17-15-13-11-9-7-2/h54,56,62,64,69-70,74H,6-53,55,57-61,63,65-68H2,1-5H3,(H-,72,75,76,77)/b56-54+,64-62+. The lowest BCUT2D eigenvalue weighted by Gasteiger charge is -2.29. The van der Waals surface area contributed by atoms with Gasteiger partial charge in [0.25, 0.3) is 7.82 Å². The zero-order valence-electron chi connectivity index (χ0n) is 54.6. The van der Waals surface area contributed by atoms with Crippen LogP contribution in [0, 0.1) is 0 Å². The Balaban J connectivity index is 4.06. The second kappa shape index (κ2) is 62.5. The Bertz CT molecular complexity index is 1350. The summed E-state index contributed by atoms with van der Waals surface area (Å²) in [6.45, 7) is 4.70. The lowest BCUT2D eigenvalue weighted by atomic mass is 10.0. The summed E-state index contributed by atoms with van der Waals surface area (Å²) in [5.41, 5.74) is 0. The quantitative estimate of drug-likeness (QED) is 0.0272. The predicted octanol–water partition coefficient (Wildman–Crippen LogP) is 22.0. The van der Waals surface area contributed by atoms with Crippen LogP contribution in [-0.2, 0) is 18.4 Å². The van der Waals surface area contributed by atoms with Gasteiger partial charge in [-0.15, -0.1) is 0 Å². The van der Waals surface area contributed by atoms with Crippen LogP contribution in [0.1, 0.15) is 373 Å². The van der Waals surface area contributed by atoms with Gasteiger partial charge >= 0.3 is 0 Å². The number of likely N-dealkylation sites (N-methyl/N-ethyl adjacent to an activating group) is 1. The number of phosphoric ester groups is 1. The molecule has 476 valence electrons. The van der Waals surface area contributed by atoms with E-state index in [2.05, 4.69) is 31.3 Å². The van der Waals surface area contributed by atoms with Gasteiger partial charge in [0.2, 0.25) is 5.91 Å². The number of nitrogens with one attached hydrogen (secondary N) is 1. The normalized spacial score (nSPS) is 13.7. The Morgan fingerprint density at radius 3 is 1.01 bits per heavy atom. The van der Waals surface area contributed by atoms with Gasteiger partial charge in [0.05, 0.1) is 39.9 Å². The summed E-state index contributed by atoms with van der Waals surface area (Å²) >= 11 is 0. The first-order chi connectivity index (χ1) is 39.0. The van der Waals surface area contributed by atoms with Gasteiger partial charge < -0.3 is 28.8 Å². The second-order valence-corrected chi connectivity index (χ2v) is 27.4. The molecule has 80 heavy (non-hydrogen) atoms. The molecule has 0 aromatic heterocycles. The molecule has 0 spiro atoms. The highest BCUT2D eigenvalue weighted by Gasteiger charge is 2.23. The zero-order chi connectivity index (χ0) is 58.4. The summed E-state index contributed by atoms with van der Waals surface area (Å²) in [6, 6.07) is -0.902. The monoisotopic (exact) mass is 1150 g/mol. The fourth-order valence-electron chi connectivity index (χ4n) is 11.1. The SMILES string of the molecule is CCCCCCCCCCCCCCCCCCCCCCCCCC/C=C/CC/C=C/C(O)C(COP(=O)([O-])OCC[N+](C)(C)C)NC(=O)CCCCCCCCCCCCCCCCCCCCCCCCCCCCCC. The van der Waals surface area contributed by atoms with Crippen molar-refractivity contribution in [3.63, 3.8) is 0 Å². The van der Waals surface area contributed by atoms with Crippen LogP contribution in [0.15, 0.2) is 24.3 Å².